The molecule has 170 valence electrons. The molecule has 2 aromatic rings. The lowest BCUT2D eigenvalue weighted by Gasteiger charge is -2.36. The average Bonchev–Trinajstić information content (AvgIpc) is 2.81. The van der Waals surface area contributed by atoms with Gasteiger partial charge in [-0.05, 0) is 23.6 Å². The Morgan fingerprint density at radius 3 is 2.58 bits per heavy atom. The van der Waals surface area contributed by atoms with Gasteiger partial charge in [0.2, 0.25) is 11.9 Å². The van der Waals surface area contributed by atoms with E-state index in [1.165, 1.54) is 5.01 Å². The Bertz CT molecular complexity index is 1150. The van der Waals surface area contributed by atoms with Crippen LogP contribution >= 0.6 is 0 Å². The van der Waals surface area contributed by atoms with E-state index in [1.54, 1.807) is 37.5 Å². The molecule has 0 spiro atoms. The number of nitrogens with two attached hydrogens (primary N) is 3. The number of guanidine groups is 1. The first-order valence-electron chi connectivity index (χ1n) is 9.99. The lowest BCUT2D eigenvalue weighted by Crippen LogP contribution is -2.54. The molecule has 0 amide bonds. The van der Waals surface area contributed by atoms with E-state index in [0.29, 0.717) is 22.4 Å². The summed E-state index contributed by atoms with van der Waals surface area (Å²) in [4.78, 5) is 25.7. The maximum absolute atomic E-state index is 13.3. The highest BCUT2D eigenvalue weighted by Crippen LogP contribution is 2.38. The fourth-order valence-corrected chi connectivity index (χ4v) is 3.47. The minimum atomic E-state index is -0.746. The van der Waals surface area contributed by atoms with Gasteiger partial charge < -0.3 is 16.2 Å². The predicted octanol–water partition coefficient (Wildman–Crippen LogP) is 1.89. The minimum absolute atomic E-state index is 0.0144. The van der Waals surface area contributed by atoms with Gasteiger partial charge in [0.05, 0.1) is 11.3 Å². The number of hydrazine groups is 2. The molecule has 0 saturated carbocycles. The van der Waals surface area contributed by atoms with Crippen molar-refractivity contribution in [1.82, 2.24) is 20.5 Å². The van der Waals surface area contributed by atoms with E-state index in [-0.39, 0.29) is 24.1 Å². The molecule has 2 heterocycles. The number of aliphatic imine (C=N–C) groups is 1. The molecule has 0 radical (unpaired) electrons. The summed E-state index contributed by atoms with van der Waals surface area (Å²) in [5.41, 5.74) is 17.9. The number of benzene rings is 1. The zero-order chi connectivity index (χ0) is 24.0. The third kappa shape index (κ3) is 4.97. The molecule has 0 bridgehead atoms. The van der Waals surface area contributed by atoms with E-state index < -0.39 is 12.0 Å². The Morgan fingerprint density at radius 1 is 1.24 bits per heavy atom. The number of hydrogen-bond acceptors (Lipinski definition) is 10. The Morgan fingerprint density at radius 2 is 1.94 bits per heavy atom. The first-order chi connectivity index (χ1) is 15.9. The number of nitrogens with one attached hydrogen (secondary N) is 1. The van der Waals surface area contributed by atoms with Crippen molar-refractivity contribution in [1.29, 1.82) is 0 Å². The first kappa shape index (κ1) is 23.4. The van der Waals surface area contributed by atoms with Gasteiger partial charge in [-0.1, -0.05) is 55.7 Å². The number of esters is 1. The van der Waals surface area contributed by atoms with Crippen LogP contribution in [-0.2, 0) is 9.53 Å². The predicted molar refractivity (Wildman–Crippen MR) is 128 cm³/mol. The van der Waals surface area contributed by atoms with Gasteiger partial charge in [0.15, 0.2) is 0 Å². The quantitative estimate of drug-likeness (QED) is 0.206. The molecule has 3 rings (SSSR count). The van der Waals surface area contributed by atoms with E-state index in [2.05, 4.69) is 33.7 Å². The average molecular weight is 447 g/mol. The Kier molecular flexibility index (Phi) is 7.34. The van der Waals surface area contributed by atoms with Crippen molar-refractivity contribution in [2.24, 2.45) is 16.6 Å². The summed E-state index contributed by atoms with van der Waals surface area (Å²) in [6, 6.07) is 6.69. The highest BCUT2D eigenvalue weighted by molar-refractivity contribution is 5.95. The summed E-state index contributed by atoms with van der Waals surface area (Å²) < 4.78 is 5.57. The van der Waals surface area contributed by atoms with Gasteiger partial charge in [0, 0.05) is 18.0 Å². The van der Waals surface area contributed by atoms with Crippen molar-refractivity contribution >= 4 is 17.9 Å². The van der Waals surface area contributed by atoms with Crippen molar-refractivity contribution in [2.75, 3.05) is 12.3 Å². The van der Waals surface area contributed by atoms with Crippen LogP contribution in [0.5, 0.6) is 0 Å². The van der Waals surface area contributed by atoms with Crippen LogP contribution in [0.25, 0.3) is 11.1 Å². The highest BCUT2D eigenvalue weighted by atomic mass is 16.5. The fraction of sp³-hybridized carbons (Fsp3) is 0.130. The Hall–Kier alpha value is -4.28. The maximum atomic E-state index is 13.3. The van der Waals surface area contributed by atoms with Crippen molar-refractivity contribution in [2.45, 2.75) is 13.0 Å². The van der Waals surface area contributed by atoms with E-state index in [9.17, 15) is 4.79 Å². The fourth-order valence-electron chi connectivity index (χ4n) is 3.47. The van der Waals surface area contributed by atoms with Gasteiger partial charge in [-0.15, -0.1) is 0 Å². The number of hydrogen-bond donors (Lipinski definition) is 4. The third-order valence-corrected chi connectivity index (χ3v) is 5.01. The number of carbonyl (C=O) groups is 1. The number of aromatic nitrogens is 2. The molecule has 1 atom stereocenters. The van der Waals surface area contributed by atoms with Crippen LogP contribution in [0.15, 0.2) is 89.9 Å². The molecule has 1 aromatic heterocycles. The summed E-state index contributed by atoms with van der Waals surface area (Å²) in [5, 5.41) is 1.40. The SMILES string of the molecule is C=C/C=C(\C=C)COC(=O)C1=C(C)N=C(N)N(NN)C1c1ccccc1-c1cnc(N)nc1. The number of allylic oxidation sites excluding steroid dienone is 3. The van der Waals surface area contributed by atoms with Crippen LogP contribution in [0.3, 0.4) is 0 Å². The number of carbonyl (C=O) groups excluding carboxylic acids is 1. The van der Waals surface area contributed by atoms with Crippen LogP contribution in [0.1, 0.15) is 18.5 Å². The topological polar surface area (TPSA) is 158 Å². The summed E-state index contributed by atoms with van der Waals surface area (Å²) in [5.74, 6) is 5.46. The highest BCUT2D eigenvalue weighted by Gasteiger charge is 2.37. The molecule has 1 aliphatic rings. The molecule has 0 saturated heterocycles. The van der Waals surface area contributed by atoms with Crippen molar-refractivity contribution in [3.63, 3.8) is 0 Å². The molecule has 1 aromatic carbocycles. The Balaban J connectivity index is 2.10. The van der Waals surface area contributed by atoms with Crippen LogP contribution < -0.4 is 22.8 Å². The molecule has 1 unspecified atom stereocenters. The second kappa shape index (κ2) is 10.4. The minimum Gasteiger partial charge on any atom is -0.457 e. The Labute approximate surface area is 191 Å². The van der Waals surface area contributed by atoms with Gasteiger partial charge in [0.1, 0.15) is 12.6 Å². The molecule has 7 N–H and O–H groups in total. The van der Waals surface area contributed by atoms with Gasteiger partial charge in [-0.25, -0.2) is 19.8 Å². The summed E-state index contributed by atoms with van der Waals surface area (Å²) in [7, 11) is 0. The van der Waals surface area contributed by atoms with Gasteiger partial charge in [-0.3, -0.25) is 10.9 Å². The largest absolute Gasteiger partial charge is 0.457 e. The van der Waals surface area contributed by atoms with Crippen LogP contribution in [-0.4, -0.2) is 33.5 Å². The third-order valence-electron chi connectivity index (χ3n) is 5.01. The van der Waals surface area contributed by atoms with E-state index in [4.69, 9.17) is 22.0 Å². The lowest BCUT2D eigenvalue weighted by atomic mass is 9.89. The summed E-state index contributed by atoms with van der Waals surface area (Å²) in [6.07, 6.45) is 8.10. The molecule has 1 aliphatic heterocycles. The van der Waals surface area contributed by atoms with Crippen molar-refractivity contribution < 1.29 is 9.53 Å². The lowest BCUT2D eigenvalue weighted by molar-refractivity contribution is -0.139. The van der Waals surface area contributed by atoms with Gasteiger partial charge >= 0.3 is 5.97 Å². The number of nitrogen functional groups attached to an aromatic ring is 1. The molecule has 0 fully saturated rings. The van der Waals surface area contributed by atoms with Gasteiger partial charge in [-0.2, -0.15) is 5.53 Å². The normalized spacial score (nSPS) is 16.3. The standard InChI is InChI=1S/C23H26N8O2/c1-4-8-15(5-2)13-33-21(32)19-14(3)29-23(25)31(30-26)20(19)18-10-7-6-9-17(18)16-11-27-22(24)28-12-16/h4-12,20,30H,1-2,13,26H2,3H3,(H2,25,29)(H2,24,27,28)/b15-8+. The summed E-state index contributed by atoms with van der Waals surface area (Å²) in [6.45, 7) is 9.07. The van der Waals surface area contributed by atoms with Gasteiger partial charge in [0.25, 0.3) is 0 Å². The van der Waals surface area contributed by atoms with Crippen molar-refractivity contribution in [3.8, 4) is 11.1 Å². The van der Waals surface area contributed by atoms with E-state index >= 15 is 0 Å². The zero-order valence-corrected chi connectivity index (χ0v) is 18.2. The second-order valence-corrected chi connectivity index (χ2v) is 7.05. The van der Waals surface area contributed by atoms with Crippen LogP contribution in [0, 0.1) is 0 Å². The monoisotopic (exact) mass is 446 g/mol. The molecule has 10 nitrogen and oxygen atoms in total. The summed E-state index contributed by atoms with van der Waals surface area (Å²) >= 11 is 0. The molecule has 33 heavy (non-hydrogen) atoms. The number of ether oxygens (including phenoxy) is 1. The molecular weight excluding hydrogens is 420 g/mol. The first-order valence-corrected chi connectivity index (χ1v) is 9.99. The number of anilines is 1. The maximum Gasteiger partial charge on any atom is 0.338 e. The van der Waals surface area contributed by atoms with Crippen molar-refractivity contribution in [3.05, 3.63) is 90.5 Å². The van der Waals surface area contributed by atoms with Crippen LogP contribution in [0.2, 0.25) is 0 Å². The van der Waals surface area contributed by atoms with Crippen LogP contribution in [0.4, 0.5) is 5.95 Å². The molecular formula is C23H26N8O2. The number of rotatable bonds is 8. The second-order valence-electron chi connectivity index (χ2n) is 7.05. The van der Waals surface area contributed by atoms with E-state index in [1.807, 2.05) is 24.3 Å². The number of nitrogens with zero attached hydrogens (tertiary/aromatic N) is 4. The molecule has 0 aliphatic carbocycles. The van der Waals surface area contributed by atoms with E-state index in [0.717, 1.165) is 5.56 Å². The smallest absolute Gasteiger partial charge is 0.338 e. The zero-order valence-electron chi connectivity index (χ0n) is 18.2. The molecule has 10 heteroatoms.